The van der Waals surface area contributed by atoms with Crippen molar-refractivity contribution in [3.63, 3.8) is 0 Å². The van der Waals surface area contributed by atoms with Gasteiger partial charge in [-0.25, -0.2) is 0 Å². The molecule has 20 heavy (non-hydrogen) atoms. The second kappa shape index (κ2) is 7.58. The average Bonchev–Trinajstić information content (AvgIpc) is 2.93. The van der Waals surface area contributed by atoms with E-state index in [1.807, 2.05) is 11.2 Å². The van der Waals surface area contributed by atoms with Crippen molar-refractivity contribution in [3.8, 4) is 0 Å². The smallest absolute Gasteiger partial charge is 0.226 e. The van der Waals surface area contributed by atoms with Gasteiger partial charge in [0.05, 0.1) is 0 Å². The molecule has 1 aliphatic heterocycles. The lowest BCUT2D eigenvalue weighted by Gasteiger charge is -2.26. The molecule has 0 spiro atoms. The summed E-state index contributed by atoms with van der Waals surface area (Å²) >= 11 is 2.82. The number of rotatable bonds is 5. The first-order valence-electron chi connectivity index (χ1n) is 6.64. The molecule has 0 aromatic carbocycles. The van der Waals surface area contributed by atoms with Crippen LogP contribution in [0.2, 0.25) is 0 Å². The molecule has 0 saturated carbocycles. The van der Waals surface area contributed by atoms with Crippen LogP contribution in [0.25, 0.3) is 0 Å². The molecule has 1 saturated heterocycles. The second-order valence-corrected chi connectivity index (χ2v) is 6.60. The van der Waals surface area contributed by atoms with Gasteiger partial charge in [0.15, 0.2) is 4.34 Å². The van der Waals surface area contributed by atoms with E-state index in [0.717, 1.165) is 30.3 Å². The molecule has 1 N–H and O–H groups in total. The minimum atomic E-state index is -0.181. The monoisotopic (exact) mass is 314 g/mol. The van der Waals surface area contributed by atoms with E-state index in [1.54, 1.807) is 0 Å². The first-order valence-corrected chi connectivity index (χ1v) is 8.68. The topological polar surface area (TPSA) is 75.2 Å². The number of carbonyl (C=O) groups is 2. The maximum absolute atomic E-state index is 11.9. The fraction of sp³-hybridized carbons (Fsp3) is 0.667. The normalized spacial score (nSPS) is 15.2. The molecule has 2 rings (SSSR count). The zero-order valence-corrected chi connectivity index (χ0v) is 13.1. The Morgan fingerprint density at radius 3 is 2.65 bits per heavy atom. The van der Waals surface area contributed by atoms with Crippen molar-refractivity contribution in [1.29, 1.82) is 0 Å². The molecule has 0 aliphatic carbocycles. The number of amides is 2. The zero-order valence-electron chi connectivity index (χ0n) is 11.4. The van der Waals surface area contributed by atoms with Crippen molar-refractivity contribution < 1.29 is 9.59 Å². The number of carbonyl (C=O) groups excluding carboxylic acids is 2. The highest BCUT2D eigenvalue weighted by molar-refractivity contribution is 8.00. The number of nitrogens with one attached hydrogen (secondary N) is 1. The van der Waals surface area contributed by atoms with Crippen LogP contribution in [0.15, 0.2) is 4.34 Å². The Balaban J connectivity index is 1.72. The Morgan fingerprint density at radius 2 is 2.00 bits per heavy atom. The van der Waals surface area contributed by atoms with Gasteiger partial charge in [0.25, 0.3) is 0 Å². The van der Waals surface area contributed by atoms with Crippen molar-refractivity contribution in [2.24, 2.45) is 0 Å². The standard InChI is InChI=1S/C12H18N4O2S2/c1-19-12-15-14-11(20-12)13-9(17)5-6-10(18)16-7-3-2-4-8-16/h2-8H2,1H3,(H,13,14,17). The van der Waals surface area contributed by atoms with Crippen LogP contribution < -0.4 is 5.32 Å². The summed E-state index contributed by atoms with van der Waals surface area (Å²) in [7, 11) is 0. The van der Waals surface area contributed by atoms with Crippen molar-refractivity contribution in [1.82, 2.24) is 15.1 Å². The van der Waals surface area contributed by atoms with Crippen LogP contribution in [-0.2, 0) is 9.59 Å². The van der Waals surface area contributed by atoms with Crippen molar-refractivity contribution in [3.05, 3.63) is 0 Å². The van der Waals surface area contributed by atoms with Crippen LogP contribution in [0.4, 0.5) is 5.13 Å². The highest BCUT2D eigenvalue weighted by Gasteiger charge is 2.17. The number of anilines is 1. The van der Waals surface area contributed by atoms with E-state index < -0.39 is 0 Å². The maximum Gasteiger partial charge on any atom is 0.226 e. The van der Waals surface area contributed by atoms with Crippen LogP contribution in [0.5, 0.6) is 0 Å². The minimum absolute atomic E-state index is 0.0712. The lowest BCUT2D eigenvalue weighted by molar-refractivity contribution is -0.133. The second-order valence-electron chi connectivity index (χ2n) is 4.57. The Labute approximate surface area is 126 Å². The van der Waals surface area contributed by atoms with Crippen molar-refractivity contribution in [2.75, 3.05) is 24.7 Å². The third kappa shape index (κ3) is 4.45. The van der Waals surface area contributed by atoms with E-state index in [-0.39, 0.29) is 24.7 Å². The van der Waals surface area contributed by atoms with Crippen LogP contribution in [-0.4, -0.2) is 46.3 Å². The molecular weight excluding hydrogens is 296 g/mol. The predicted octanol–water partition coefficient (Wildman–Crippen LogP) is 1.99. The summed E-state index contributed by atoms with van der Waals surface area (Å²) in [5.74, 6) is -0.110. The summed E-state index contributed by atoms with van der Waals surface area (Å²) < 4.78 is 0.810. The molecular formula is C12H18N4O2S2. The van der Waals surface area contributed by atoms with Gasteiger partial charge in [-0.3, -0.25) is 9.59 Å². The molecule has 6 nitrogen and oxygen atoms in total. The zero-order chi connectivity index (χ0) is 14.4. The predicted molar refractivity (Wildman–Crippen MR) is 80.0 cm³/mol. The Hall–Kier alpha value is -1.15. The minimum Gasteiger partial charge on any atom is -0.343 e. The van der Waals surface area contributed by atoms with Gasteiger partial charge < -0.3 is 10.2 Å². The van der Waals surface area contributed by atoms with E-state index in [1.165, 1.54) is 29.5 Å². The largest absolute Gasteiger partial charge is 0.343 e. The van der Waals surface area contributed by atoms with Gasteiger partial charge in [0.1, 0.15) is 0 Å². The molecule has 0 atom stereocenters. The van der Waals surface area contributed by atoms with Gasteiger partial charge >= 0.3 is 0 Å². The van der Waals surface area contributed by atoms with Gasteiger partial charge in [-0.1, -0.05) is 23.1 Å². The fourth-order valence-electron chi connectivity index (χ4n) is 2.05. The fourth-order valence-corrected chi connectivity index (χ4v) is 3.23. The Kier molecular flexibility index (Phi) is 5.78. The maximum atomic E-state index is 11.9. The molecule has 110 valence electrons. The summed E-state index contributed by atoms with van der Waals surface area (Å²) in [6.45, 7) is 1.65. The number of hydrogen-bond acceptors (Lipinski definition) is 6. The number of thioether (sulfide) groups is 1. The molecule has 2 amide bonds. The van der Waals surface area contributed by atoms with Gasteiger partial charge in [0, 0.05) is 25.9 Å². The summed E-state index contributed by atoms with van der Waals surface area (Å²) in [6, 6.07) is 0. The molecule has 0 bridgehead atoms. The van der Waals surface area contributed by atoms with Gasteiger partial charge in [-0.05, 0) is 25.5 Å². The van der Waals surface area contributed by atoms with Crippen LogP contribution in [0.1, 0.15) is 32.1 Å². The number of piperidine rings is 1. The highest BCUT2D eigenvalue weighted by Crippen LogP contribution is 2.23. The Bertz CT molecular complexity index is 472. The van der Waals surface area contributed by atoms with Crippen LogP contribution in [0.3, 0.4) is 0 Å². The van der Waals surface area contributed by atoms with Crippen LogP contribution in [0, 0.1) is 0 Å². The average molecular weight is 314 g/mol. The van der Waals surface area contributed by atoms with E-state index >= 15 is 0 Å². The SMILES string of the molecule is CSc1nnc(NC(=O)CCC(=O)N2CCCCC2)s1. The van der Waals surface area contributed by atoms with E-state index in [2.05, 4.69) is 15.5 Å². The molecule has 8 heteroatoms. The molecule has 0 unspecified atom stereocenters. The third-order valence-corrected chi connectivity index (χ3v) is 4.92. The van der Waals surface area contributed by atoms with Crippen molar-refractivity contribution in [2.45, 2.75) is 36.4 Å². The van der Waals surface area contributed by atoms with E-state index in [4.69, 9.17) is 0 Å². The summed E-state index contributed by atoms with van der Waals surface area (Å²) in [5, 5.41) is 10.9. The molecule has 2 heterocycles. The summed E-state index contributed by atoms with van der Waals surface area (Å²) in [6.07, 6.45) is 5.70. The van der Waals surface area contributed by atoms with E-state index in [0.29, 0.717) is 5.13 Å². The van der Waals surface area contributed by atoms with Gasteiger partial charge in [-0.15, -0.1) is 10.2 Å². The molecule has 1 aromatic rings. The number of likely N-dealkylation sites (tertiary alicyclic amines) is 1. The third-order valence-electron chi connectivity index (χ3n) is 3.10. The summed E-state index contributed by atoms with van der Waals surface area (Å²) in [4.78, 5) is 25.5. The van der Waals surface area contributed by atoms with Crippen LogP contribution >= 0.6 is 23.1 Å². The lowest BCUT2D eigenvalue weighted by Crippen LogP contribution is -2.35. The number of nitrogens with zero attached hydrogens (tertiary/aromatic N) is 3. The lowest BCUT2D eigenvalue weighted by atomic mass is 10.1. The Morgan fingerprint density at radius 1 is 1.25 bits per heavy atom. The molecule has 1 aromatic heterocycles. The van der Waals surface area contributed by atoms with Crippen molar-refractivity contribution >= 4 is 40.0 Å². The highest BCUT2D eigenvalue weighted by atomic mass is 32.2. The quantitative estimate of drug-likeness (QED) is 0.664. The molecule has 1 aliphatic rings. The number of hydrogen-bond donors (Lipinski definition) is 1. The molecule has 0 radical (unpaired) electrons. The molecule has 1 fully saturated rings. The summed E-state index contributed by atoms with van der Waals surface area (Å²) in [5.41, 5.74) is 0. The van der Waals surface area contributed by atoms with Gasteiger partial charge in [0.2, 0.25) is 16.9 Å². The van der Waals surface area contributed by atoms with E-state index in [9.17, 15) is 9.59 Å². The first kappa shape index (κ1) is 15.2. The first-order chi connectivity index (χ1) is 9.69. The number of aromatic nitrogens is 2. The van der Waals surface area contributed by atoms with Gasteiger partial charge in [-0.2, -0.15) is 0 Å².